The summed E-state index contributed by atoms with van der Waals surface area (Å²) >= 11 is 1.71. The number of carbonyl (C=O) groups excluding carboxylic acids is 2. The number of nitrogens with one attached hydrogen (secondary N) is 1. The molecule has 1 unspecified atom stereocenters. The number of likely N-dealkylation sites (tertiary alicyclic amines) is 1. The van der Waals surface area contributed by atoms with Gasteiger partial charge in [-0.15, -0.1) is 11.3 Å². The predicted molar refractivity (Wildman–Crippen MR) is 78.5 cm³/mol. The van der Waals surface area contributed by atoms with Gasteiger partial charge in [0.2, 0.25) is 11.8 Å². The van der Waals surface area contributed by atoms with E-state index in [1.807, 2.05) is 16.3 Å². The zero-order chi connectivity index (χ0) is 13.9. The molecule has 108 valence electrons. The van der Waals surface area contributed by atoms with Crippen molar-refractivity contribution < 1.29 is 9.59 Å². The summed E-state index contributed by atoms with van der Waals surface area (Å²) in [4.78, 5) is 27.2. The van der Waals surface area contributed by atoms with Crippen LogP contribution in [-0.2, 0) is 16.0 Å². The minimum absolute atomic E-state index is 0.0386. The standard InChI is InChI=1S/C15H20N2O2S/c18-14-9-11(10-17(14)12-3-1-4-12)15(19)16-7-6-13-5-2-8-20-13/h2,5,8,11-12H,1,3-4,6-7,9-10H2,(H,16,19). The second-order valence-corrected chi connectivity index (χ2v) is 6.68. The van der Waals surface area contributed by atoms with Crippen molar-refractivity contribution in [2.24, 2.45) is 5.92 Å². The van der Waals surface area contributed by atoms with Gasteiger partial charge in [-0.3, -0.25) is 9.59 Å². The Morgan fingerprint density at radius 2 is 2.30 bits per heavy atom. The predicted octanol–water partition coefficient (Wildman–Crippen LogP) is 1.81. The maximum absolute atomic E-state index is 12.1. The van der Waals surface area contributed by atoms with E-state index in [0.717, 1.165) is 19.3 Å². The molecule has 2 aliphatic rings. The van der Waals surface area contributed by atoms with E-state index in [0.29, 0.717) is 25.6 Å². The highest BCUT2D eigenvalue weighted by atomic mass is 32.1. The fourth-order valence-electron chi connectivity index (χ4n) is 2.87. The Morgan fingerprint density at radius 1 is 1.45 bits per heavy atom. The van der Waals surface area contributed by atoms with E-state index in [9.17, 15) is 9.59 Å². The number of carbonyl (C=O) groups is 2. The maximum atomic E-state index is 12.1. The third-order valence-corrected chi connectivity index (χ3v) is 5.23. The van der Waals surface area contributed by atoms with Crippen molar-refractivity contribution in [2.75, 3.05) is 13.1 Å². The van der Waals surface area contributed by atoms with E-state index in [4.69, 9.17) is 0 Å². The summed E-state index contributed by atoms with van der Waals surface area (Å²) in [5.74, 6) is 0.0521. The van der Waals surface area contributed by atoms with Gasteiger partial charge in [0.1, 0.15) is 0 Å². The van der Waals surface area contributed by atoms with Crippen LogP contribution in [0.25, 0.3) is 0 Å². The van der Waals surface area contributed by atoms with Gasteiger partial charge >= 0.3 is 0 Å². The molecule has 2 heterocycles. The topological polar surface area (TPSA) is 49.4 Å². The zero-order valence-electron chi connectivity index (χ0n) is 11.5. The summed E-state index contributed by atoms with van der Waals surface area (Å²) in [6.45, 7) is 1.28. The van der Waals surface area contributed by atoms with Gasteiger partial charge in [0.25, 0.3) is 0 Å². The molecule has 1 saturated heterocycles. The van der Waals surface area contributed by atoms with Crippen LogP contribution in [0.15, 0.2) is 17.5 Å². The van der Waals surface area contributed by atoms with Crippen LogP contribution in [0, 0.1) is 5.92 Å². The number of nitrogens with zero attached hydrogens (tertiary/aromatic N) is 1. The third-order valence-electron chi connectivity index (χ3n) is 4.30. The van der Waals surface area contributed by atoms with Crippen molar-refractivity contribution in [3.8, 4) is 0 Å². The van der Waals surface area contributed by atoms with Crippen molar-refractivity contribution >= 4 is 23.2 Å². The molecule has 0 spiro atoms. The molecule has 1 N–H and O–H groups in total. The molecule has 0 radical (unpaired) electrons. The van der Waals surface area contributed by atoms with Gasteiger partial charge in [0, 0.05) is 30.4 Å². The van der Waals surface area contributed by atoms with Crippen molar-refractivity contribution in [2.45, 2.75) is 38.1 Å². The summed E-state index contributed by atoms with van der Waals surface area (Å²) in [7, 11) is 0. The second kappa shape index (κ2) is 5.95. The van der Waals surface area contributed by atoms with Crippen LogP contribution in [0.5, 0.6) is 0 Å². The monoisotopic (exact) mass is 292 g/mol. The molecule has 5 heteroatoms. The third kappa shape index (κ3) is 2.87. The van der Waals surface area contributed by atoms with E-state index < -0.39 is 0 Å². The van der Waals surface area contributed by atoms with Crippen LogP contribution in [0.3, 0.4) is 0 Å². The van der Waals surface area contributed by atoms with Crippen LogP contribution in [0.4, 0.5) is 0 Å². The minimum atomic E-state index is -0.147. The summed E-state index contributed by atoms with van der Waals surface area (Å²) in [5, 5.41) is 5.01. The molecule has 1 aliphatic heterocycles. The van der Waals surface area contributed by atoms with E-state index in [1.54, 1.807) is 11.3 Å². The van der Waals surface area contributed by atoms with Gasteiger partial charge in [-0.1, -0.05) is 6.07 Å². The van der Waals surface area contributed by atoms with E-state index >= 15 is 0 Å². The molecule has 20 heavy (non-hydrogen) atoms. The Morgan fingerprint density at radius 3 is 2.95 bits per heavy atom. The maximum Gasteiger partial charge on any atom is 0.225 e. The van der Waals surface area contributed by atoms with Crippen LogP contribution < -0.4 is 5.32 Å². The number of rotatable bonds is 5. The van der Waals surface area contributed by atoms with Gasteiger partial charge in [-0.2, -0.15) is 0 Å². The van der Waals surface area contributed by atoms with E-state index in [1.165, 1.54) is 11.3 Å². The second-order valence-electron chi connectivity index (χ2n) is 5.65. The van der Waals surface area contributed by atoms with E-state index in [-0.39, 0.29) is 17.7 Å². The van der Waals surface area contributed by atoms with E-state index in [2.05, 4.69) is 11.4 Å². The first-order valence-corrected chi connectivity index (χ1v) is 8.21. The Kier molecular flexibility index (Phi) is 4.05. The lowest BCUT2D eigenvalue weighted by atomic mass is 9.92. The average molecular weight is 292 g/mol. The number of thiophene rings is 1. The normalized spacial score (nSPS) is 22.9. The summed E-state index contributed by atoms with van der Waals surface area (Å²) in [6, 6.07) is 4.51. The summed E-state index contributed by atoms with van der Waals surface area (Å²) in [5.41, 5.74) is 0. The van der Waals surface area contributed by atoms with Crippen molar-refractivity contribution in [1.82, 2.24) is 10.2 Å². The summed E-state index contributed by atoms with van der Waals surface area (Å²) < 4.78 is 0. The first kappa shape index (κ1) is 13.6. The van der Waals surface area contributed by atoms with Crippen molar-refractivity contribution in [3.63, 3.8) is 0 Å². The molecule has 2 amide bonds. The summed E-state index contributed by atoms with van der Waals surface area (Å²) in [6.07, 6.45) is 4.70. The highest BCUT2D eigenvalue weighted by Gasteiger charge is 2.39. The first-order chi connectivity index (χ1) is 9.74. The Labute approximate surface area is 123 Å². The quantitative estimate of drug-likeness (QED) is 0.900. The molecular weight excluding hydrogens is 272 g/mol. The zero-order valence-corrected chi connectivity index (χ0v) is 12.3. The molecule has 1 aromatic rings. The van der Waals surface area contributed by atoms with Crippen molar-refractivity contribution in [1.29, 1.82) is 0 Å². The fourth-order valence-corrected chi connectivity index (χ4v) is 3.58. The molecule has 1 saturated carbocycles. The van der Waals surface area contributed by atoms with Gasteiger partial charge in [0.15, 0.2) is 0 Å². The fraction of sp³-hybridized carbons (Fsp3) is 0.600. The van der Waals surface area contributed by atoms with Gasteiger partial charge in [-0.25, -0.2) is 0 Å². The molecule has 3 rings (SSSR count). The first-order valence-electron chi connectivity index (χ1n) is 7.33. The Hall–Kier alpha value is -1.36. The lowest BCUT2D eigenvalue weighted by Gasteiger charge is -2.34. The molecule has 0 aromatic carbocycles. The minimum Gasteiger partial charge on any atom is -0.355 e. The lowest BCUT2D eigenvalue weighted by Crippen LogP contribution is -2.42. The highest BCUT2D eigenvalue weighted by molar-refractivity contribution is 7.09. The lowest BCUT2D eigenvalue weighted by molar-refractivity contribution is -0.131. The highest BCUT2D eigenvalue weighted by Crippen LogP contribution is 2.30. The van der Waals surface area contributed by atoms with Gasteiger partial charge in [-0.05, 0) is 37.1 Å². The molecular formula is C15H20N2O2S. The largest absolute Gasteiger partial charge is 0.355 e. The Bertz CT molecular complexity index is 482. The number of amides is 2. The average Bonchev–Trinajstić information content (AvgIpc) is 2.98. The Balaban J connectivity index is 1.44. The van der Waals surface area contributed by atoms with Gasteiger partial charge in [0.05, 0.1) is 5.92 Å². The molecule has 1 aromatic heterocycles. The number of hydrogen-bond acceptors (Lipinski definition) is 3. The van der Waals surface area contributed by atoms with Crippen LogP contribution >= 0.6 is 11.3 Å². The van der Waals surface area contributed by atoms with Crippen LogP contribution in [0.1, 0.15) is 30.6 Å². The molecule has 2 fully saturated rings. The smallest absolute Gasteiger partial charge is 0.225 e. The number of hydrogen-bond donors (Lipinski definition) is 1. The van der Waals surface area contributed by atoms with Gasteiger partial charge < -0.3 is 10.2 Å². The SMILES string of the molecule is O=C(NCCc1cccs1)C1CC(=O)N(C2CCC2)C1. The molecule has 4 nitrogen and oxygen atoms in total. The molecule has 1 atom stereocenters. The van der Waals surface area contributed by atoms with Crippen LogP contribution in [0.2, 0.25) is 0 Å². The molecule has 0 bridgehead atoms. The van der Waals surface area contributed by atoms with Crippen LogP contribution in [-0.4, -0.2) is 35.8 Å². The molecule has 1 aliphatic carbocycles. The van der Waals surface area contributed by atoms with Crippen molar-refractivity contribution in [3.05, 3.63) is 22.4 Å².